The molecule has 0 atom stereocenters. The molecule has 3 aromatic carbocycles. The molecule has 31 heavy (non-hydrogen) atoms. The number of nitrogens with zero attached hydrogens (tertiary/aromatic N) is 4. The second kappa shape index (κ2) is 9.36. The fourth-order valence-electron chi connectivity index (χ4n) is 2.69. The Morgan fingerprint density at radius 3 is 2.03 bits per heavy atom. The third-order valence-corrected chi connectivity index (χ3v) is 5.03. The van der Waals surface area contributed by atoms with Crippen molar-refractivity contribution in [2.45, 2.75) is 0 Å². The second-order valence-electron chi connectivity index (χ2n) is 6.40. The summed E-state index contributed by atoms with van der Waals surface area (Å²) in [5.74, 6) is 1.37. The standard InChI is InChI=1S/C24H15N5OS/c25-13-17-1-7-20(8-2-17)23-16-31-24(28-23)29-27-15-19-5-11-22(12-6-19)30-21-9-3-18(14-26)4-10-21/h1-12,15-16H,(H,28,29)/b27-15+. The van der Waals surface area contributed by atoms with Crippen LogP contribution in [0.3, 0.4) is 0 Å². The number of hydrogen-bond acceptors (Lipinski definition) is 7. The summed E-state index contributed by atoms with van der Waals surface area (Å²) in [4.78, 5) is 4.51. The van der Waals surface area contributed by atoms with Crippen molar-refractivity contribution >= 4 is 22.7 Å². The molecule has 1 heterocycles. The molecule has 0 spiro atoms. The van der Waals surface area contributed by atoms with Crippen molar-refractivity contribution in [1.29, 1.82) is 10.5 Å². The lowest BCUT2D eigenvalue weighted by atomic mass is 10.1. The Morgan fingerprint density at radius 1 is 0.839 bits per heavy atom. The number of hydrazone groups is 1. The van der Waals surface area contributed by atoms with Crippen molar-refractivity contribution in [3.63, 3.8) is 0 Å². The largest absolute Gasteiger partial charge is 0.457 e. The highest BCUT2D eigenvalue weighted by atomic mass is 32.1. The van der Waals surface area contributed by atoms with Gasteiger partial charge in [-0.15, -0.1) is 11.3 Å². The van der Waals surface area contributed by atoms with E-state index in [1.165, 1.54) is 11.3 Å². The number of hydrogen-bond donors (Lipinski definition) is 1. The number of thiazole rings is 1. The Bertz CT molecular complexity index is 1280. The summed E-state index contributed by atoms with van der Waals surface area (Å²) in [6.07, 6.45) is 1.70. The minimum Gasteiger partial charge on any atom is -0.457 e. The van der Waals surface area contributed by atoms with E-state index in [0.29, 0.717) is 27.8 Å². The summed E-state index contributed by atoms with van der Waals surface area (Å²) in [5, 5.41) is 24.6. The molecule has 0 bridgehead atoms. The van der Waals surface area contributed by atoms with Gasteiger partial charge in [-0.25, -0.2) is 4.98 Å². The van der Waals surface area contributed by atoms with Crippen LogP contribution < -0.4 is 10.2 Å². The van der Waals surface area contributed by atoms with E-state index in [9.17, 15) is 0 Å². The van der Waals surface area contributed by atoms with Gasteiger partial charge < -0.3 is 4.74 Å². The minimum absolute atomic E-state index is 0.593. The van der Waals surface area contributed by atoms with Gasteiger partial charge in [0.1, 0.15) is 11.5 Å². The third kappa shape index (κ3) is 5.13. The quantitative estimate of drug-likeness (QED) is 0.314. The normalized spacial score (nSPS) is 10.4. The van der Waals surface area contributed by atoms with Crippen LogP contribution >= 0.6 is 11.3 Å². The first-order valence-electron chi connectivity index (χ1n) is 9.27. The van der Waals surface area contributed by atoms with Crippen LogP contribution in [0.4, 0.5) is 5.13 Å². The molecule has 0 aliphatic carbocycles. The Morgan fingerprint density at radius 2 is 1.42 bits per heavy atom. The SMILES string of the molecule is N#Cc1ccc(Oc2ccc(/C=N/Nc3nc(-c4ccc(C#N)cc4)cs3)cc2)cc1. The maximum Gasteiger partial charge on any atom is 0.203 e. The highest BCUT2D eigenvalue weighted by Crippen LogP contribution is 2.25. The van der Waals surface area contributed by atoms with Crippen LogP contribution in [-0.2, 0) is 0 Å². The van der Waals surface area contributed by atoms with E-state index in [1.807, 2.05) is 41.8 Å². The van der Waals surface area contributed by atoms with Crippen LogP contribution in [0, 0.1) is 22.7 Å². The summed E-state index contributed by atoms with van der Waals surface area (Å²) in [6.45, 7) is 0. The van der Waals surface area contributed by atoms with Crippen LogP contribution in [0.1, 0.15) is 16.7 Å². The Balaban J connectivity index is 1.34. The second-order valence-corrected chi connectivity index (χ2v) is 7.26. The Hall–Kier alpha value is -4.46. The van der Waals surface area contributed by atoms with Gasteiger partial charge in [-0.1, -0.05) is 12.1 Å². The maximum absolute atomic E-state index is 8.89. The summed E-state index contributed by atoms with van der Waals surface area (Å²) in [7, 11) is 0. The molecule has 0 radical (unpaired) electrons. The van der Waals surface area contributed by atoms with Crippen LogP contribution in [0.15, 0.2) is 83.3 Å². The molecule has 0 amide bonds. The van der Waals surface area contributed by atoms with E-state index in [4.69, 9.17) is 15.3 Å². The predicted octanol–water partition coefficient (Wildman–Crippen LogP) is 5.79. The summed E-state index contributed by atoms with van der Waals surface area (Å²) < 4.78 is 5.77. The maximum atomic E-state index is 8.89. The molecule has 0 saturated carbocycles. The van der Waals surface area contributed by atoms with E-state index < -0.39 is 0 Å². The van der Waals surface area contributed by atoms with E-state index >= 15 is 0 Å². The molecule has 1 aromatic heterocycles. The molecule has 0 unspecified atom stereocenters. The fourth-order valence-corrected chi connectivity index (χ4v) is 3.36. The lowest BCUT2D eigenvalue weighted by molar-refractivity contribution is 0.482. The van der Waals surface area contributed by atoms with Crippen molar-refractivity contribution in [3.05, 3.63) is 94.9 Å². The van der Waals surface area contributed by atoms with Crippen LogP contribution in [0.5, 0.6) is 11.5 Å². The zero-order valence-electron chi connectivity index (χ0n) is 16.2. The number of nitrogens with one attached hydrogen (secondary N) is 1. The summed E-state index contributed by atoms with van der Waals surface area (Å²) in [6, 6.07) is 25.9. The minimum atomic E-state index is 0.593. The third-order valence-electron chi connectivity index (χ3n) is 4.29. The molecule has 4 rings (SSSR count). The molecular formula is C24H15N5OS. The number of anilines is 1. The zero-order valence-corrected chi connectivity index (χ0v) is 17.0. The van der Waals surface area contributed by atoms with Crippen molar-refractivity contribution in [3.8, 4) is 34.9 Å². The topological polar surface area (TPSA) is 94.1 Å². The molecule has 1 N–H and O–H groups in total. The monoisotopic (exact) mass is 421 g/mol. The molecule has 6 nitrogen and oxygen atoms in total. The molecule has 4 aromatic rings. The first-order valence-corrected chi connectivity index (χ1v) is 10.1. The summed E-state index contributed by atoms with van der Waals surface area (Å²) >= 11 is 1.45. The van der Waals surface area contributed by atoms with Gasteiger partial charge >= 0.3 is 0 Å². The molecule has 0 aliphatic rings. The molecular weight excluding hydrogens is 406 g/mol. The number of ether oxygens (including phenoxy) is 1. The van der Waals surface area contributed by atoms with Gasteiger partial charge in [0.2, 0.25) is 5.13 Å². The van der Waals surface area contributed by atoms with Crippen molar-refractivity contribution in [1.82, 2.24) is 4.98 Å². The number of rotatable bonds is 6. The predicted molar refractivity (Wildman–Crippen MR) is 121 cm³/mol. The van der Waals surface area contributed by atoms with Crippen molar-refractivity contribution in [2.75, 3.05) is 5.43 Å². The van der Waals surface area contributed by atoms with Crippen molar-refractivity contribution < 1.29 is 4.74 Å². The van der Waals surface area contributed by atoms with Gasteiger partial charge in [0.25, 0.3) is 0 Å². The van der Waals surface area contributed by atoms with Gasteiger partial charge in [0.05, 0.1) is 35.2 Å². The smallest absolute Gasteiger partial charge is 0.203 e. The number of benzene rings is 3. The average molecular weight is 421 g/mol. The Kier molecular flexibility index (Phi) is 5.99. The summed E-state index contributed by atoms with van der Waals surface area (Å²) in [5.41, 5.74) is 6.84. The average Bonchev–Trinajstić information content (AvgIpc) is 3.30. The van der Waals surface area contributed by atoms with Crippen LogP contribution in [-0.4, -0.2) is 11.2 Å². The van der Waals surface area contributed by atoms with Gasteiger partial charge in [-0.3, -0.25) is 5.43 Å². The van der Waals surface area contributed by atoms with E-state index in [2.05, 4.69) is 27.6 Å². The molecule has 148 valence electrons. The fraction of sp³-hybridized carbons (Fsp3) is 0. The van der Waals surface area contributed by atoms with Gasteiger partial charge in [0, 0.05) is 10.9 Å². The van der Waals surface area contributed by atoms with Gasteiger partial charge in [0.15, 0.2) is 0 Å². The van der Waals surface area contributed by atoms with E-state index in [0.717, 1.165) is 16.8 Å². The van der Waals surface area contributed by atoms with Gasteiger partial charge in [-0.2, -0.15) is 15.6 Å². The van der Waals surface area contributed by atoms with Crippen LogP contribution in [0.25, 0.3) is 11.3 Å². The molecule has 0 aliphatic heterocycles. The first-order chi connectivity index (χ1) is 15.2. The van der Waals surface area contributed by atoms with Crippen molar-refractivity contribution in [2.24, 2.45) is 5.10 Å². The highest BCUT2D eigenvalue weighted by Gasteiger charge is 2.04. The first kappa shape index (κ1) is 19.8. The van der Waals surface area contributed by atoms with E-state index in [1.54, 1.807) is 42.6 Å². The lowest BCUT2D eigenvalue weighted by Crippen LogP contribution is -1.91. The van der Waals surface area contributed by atoms with E-state index in [-0.39, 0.29) is 0 Å². The lowest BCUT2D eigenvalue weighted by Gasteiger charge is -2.05. The zero-order chi connectivity index (χ0) is 21.5. The molecule has 0 fully saturated rings. The number of aromatic nitrogens is 1. The van der Waals surface area contributed by atoms with Gasteiger partial charge in [-0.05, 0) is 66.2 Å². The molecule has 0 saturated heterocycles. The number of nitriles is 2. The highest BCUT2D eigenvalue weighted by molar-refractivity contribution is 7.14. The molecule has 7 heteroatoms. The Labute approximate surface area is 183 Å². The van der Waals surface area contributed by atoms with Crippen LogP contribution in [0.2, 0.25) is 0 Å².